The van der Waals surface area contributed by atoms with Crippen LogP contribution in [0.3, 0.4) is 0 Å². The summed E-state index contributed by atoms with van der Waals surface area (Å²) < 4.78 is 0. The second-order valence-corrected chi connectivity index (χ2v) is 4.52. The molecule has 0 atom stereocenters. The highest BCUT2D eigenvalue weighted by Gasteiger charge is 2.16. The number of amides is 1. The van der Waals surface area contributed by atoms with Crippen molar-refractivity contribution in [2.24, 2.45) is 0 Å². The zero-order valence-electron chi connectivity index (χ0n) is 11.1. The van der Waals surface area contributed by atoms with E-state index in [-0.39, 0.29) is 5.91 Å². The molecule has 0 radical (unpaired) electrons. The number of pyridine rings is 1. The van der Waals surface area contributed by atoms with Crippen LogP contribution in [0.15, 0.2) is 12.3 Å². The van der Waals surface area contributed by atoms with E-state index in [1.165, 1.54) is 11.1 Å². The molecule has 6 heteroatoms. The van der Waals surface area contributed by atoms with E-state index in [1.54, 1.807) is 13.1 Å². The van der Waals surface area contributed by atoms with E-state index >= 15 is 0 Å². The topological polar surface area (TPSA) is 69.0 Å². The molecule has 5 nitrogen and oxygen atoms in total. The minimum absolute atomic E-state index is 0.206. The number of hydrogen-bond acceptors (Lipinski definition) is 4. The van der Waals surface area contributed by atoms with E-state index in [1.807, 2.05) is 13.0 Å². The lowest BCUT2D eigenvalue weighted by atomic mass is 10.2. The van der Waals surface area contributed by atoms with Crippen LogP contribution in [0.25, 0.3) is 0 Å². The highest BCUT2D eigenvalue weighted by atomic mass is 35.5. The molecule has 0 saturated heterocycles. The van der Waals surface area contributed by atoms with Crippen LogP contribution in [0, 0.1) is 11.3 Å². The molecule has 0 bridgehead atoms. The maximum Gasteiger partial charge on any atom is 0.255 e. The SMILES string of the molecule is CCCNc1cc(C(=O)N(C)CCC#N)c(Cl)cn1. The molecule has 0 aliphatic rings. The van der Waals surface area contributed by atoms with Gasteiger partial charge in [0.1, 0.15) is 5.82 Å². The fraction of sp³-hybridized carbons (Fsp3) is 0.462. The normalized spacial score (nSPS) is 9.79. The first kappa shape index (κ1) is 15.3. The summed E-state index contributed by atoms with van der Waals surface area (Å²) in [5.74, 6) is 0.422. The van der Waals surface area contributed by atoms with Crippen molar-refractivity contribution in [3.63, 3.8) is 0 Å². The number of carbonyl (C=O) groups is 1. The molecule has 0 aromatic carbocycles. The predicted octanol–water partition coefficient (Wildman–Crippen LogP) is 2.54. The third kappa shape index (κ3) is 4.42. The number of nitrogens with zero attached hydrogens (tertiary/aromatic N) is 3. The molecule has 1 aromatic rings. The summed E-state index contributed by atoms with van der Waals surface area (Å²) in [6.45, 7) is 3.21. The number of aromatic nitrogens is 1. The predicted molar refractivity (Wildman–Crippen MR) is 75.2 cm³/mol. The van der Waals surface area contributed by atoms with E-state index in [4.69, 9.17) is 16.9 Å². The van der Waals surface area contributed by atoms with Crippen molar-refractivity contribution in [1.82, 2.24) is 9.88 Å². The lowest BCUT2D eigenvalue weighted by molar-refractivity contribution is 0.0798. The van der Waals surface area contributed by atoms with Gasteiger partial charge in [0.05, 0.1) is 23.1 Å². The van der Waals surface area contributed by atoms with Gasteiger partial charge in [-0.3, -0.25) is 4.79 Å². The molecule has 1 heterocycles. The van der Waals surface area contributed by atoms with Crippen LogP contribution in [0.2, 0.25) is 5.02 Å². The first-order valence-corrected chi connectivity index (χ1v) is 6.49. The molecule has 19 heavy (non-hydrogen) atoms. The zero-order valence-corrected chi connectivity index (χ0v) is 11.9. The Morgan fingerprint density at radius 3 is 3.00 bits per heavy atom. The molecule has 0 fully saturated rings. The number of anilines is 1. The quantitative estimate of drug-likeness (QED) is 0.869. The second kappa shape index (κ2) is 7.59. The molecule has 0 saturated carbocycles. The van der Waals surface area contributed by atoms with Gasteiger partial charge in [-0.15, -0.1) is 0 Å². The van der Waals surface area contributed by atoms with Crippen molar-refractivity contribution in [2.75, 3.05) is 25.5 Å². The summed E-state index contributed by atoms with van der Waals surface area (Å²) >= 11 is 6.00. The molecular formula is C13H17ClN4O. The van der Waals surface area contributed by atoms with Crippen LogP contribution in [-0.4, -0.2) is 35.9 Å². The third-order valence-electron chi connectivity index (χ3n) is 2.55. The lowest BCUT2D eigenvalue weighted by Crippen LogP contribution is -2.28. The highest BCUT2D eigenvalue weighted by molar-refractivity contribution is 6.33. The number of halogens is 1. The van der Waals surface area contributed by atoms with Gasteiger partial charge in [0.2, 0.25) is 0 Å². The van der Waals surface area contributed by atoms with Gasteiger partial charge in [0.15, 0.2) is 0 Å². The maximum absolute atomic E-state index is 12.2. The first-order valence-electron chi connectivity index (χ1n) is 6.12. The smallest absolute Gasteiger partial charge is 0.255 e. The fourth-order valence-electron chi connectivity index (χ4n) is 1.48. The van der Waals surface area contributed by atoms with Crippen molar-refractivity contribution in [1.29, 1.82) is 5.26 Å². The molecular weight excluding hydrogens is 264 g/mol. The lowest BCUT2D eigenvalue weighted by Gasteiger charge is -2.16. The largest absolute Gasteiger partial charge is 0.370 e. The van der Waals surface area contributed by atoms with Crippen LogP contribution < -0.4 is 5.32 Å². The number of carbonyl (C=O) groups excluding carboxylic acids is 1. The second-order valence-electron chi connectivity index (χ2n) is 4.11. The van der Waals surface area contributed by atoms with Crippen molar-refractivity contribution in [3.8, 4) is 6.07 Å². The molecule has 1 N–H and O–H groups in total. The van der Waals surface area contributed by atoms with Gasteiger partial charge in [-0.25, -0.2) is 4.98 Å². The maximum atomic E-state index is 12.2. The van der Waals surface area contributed by atoms with Crippen molar-refractivity contribution < 1.29 is 4.79 Å². The number of rotatable bonds is 6. The Bertz CT molecular complexity index is 484. The average Bonchev–Trinajstić information content (AvgIpc) is 2.43. The zero-order chi connectivity index (χ0) is 14.3. The van der Waals surface area contributed by atoms with Gasteiger partial charge < -0.3 is 10.2 Å². The van der Waals surface area contributed by atoms with Crippen LogP contribution in [0.4, 0.5) is 5.82 Å². The van der Waals surface area contributed by atoms with E-state index in [9.17, 15) is 4.79 Å². The molecule has 0 aliphatic carbocycles. The summed E-state index contributed by atoms with van der Waals surface area (Å²) in [4.78, 5) is 17.8. The Hall–Kier alpha value is -1.80. The van der Waals surface area contributed by atoms with Gasteiger partial charge >= 0.3 is 0 Å². The van der Waals surface area contributed by atoms with Crippen LogP contribution >= 0.6 is 11.6 Å². The van der Waals surface area contributed by atoms with Gasteiger partial charge in [-0.2, -0.15) is 5.26 Å². The van der Waals surface area contributed by atoms with E-state index in [2.05, 4.69) is 10.3 Å². The van der Waals surface area contributed by atoms with Gasteiger partial charge in [0.25, 0.3) is 5.91 Å². The summed E-state index contributed by atoms with van der Waals surface area (Å²) in [6.07, 6.45) is 2.73. The summed E-state index contributed by atoms with van der Waals surface area (Å²) in [5, 5.41) is 12.0. The van der Waals surface area contributed by atoms with E-state index in [0.29, 0.717) is 29.4 Å². The Morgan fingerprint density at radius 1 is 1.63 bits per heavy atom. The van der Waals surface area contributed by atoms with Gasteiger partial charge in [-0.05, 0) is 12.5 Å². The van der Waals surface area contributed by atoms with Crippen molar-refractivity contribution >= 4 is 23.3 Å². The molecule has 1 amide bonds. The Kier molecular flexibility index (Phi) is 6.10. The molecule has 102 valence electrons. The molecule has 1 rings (SSSR count). The van der Waals surface area contributed by atoms with Gasteiger partial charge in [0, 0.05) is 26.3 Å². The summed E-state index contributed by atoms with van der Waals surface area (Å²) in [5.41, 5.74) is 0.399. The van der Waals surface area contributed by atoms with Crippen LogP contribution in [-0.2, 0) is 0 Å². The van der Waals surface area contributed by atoms with Crippen LogP contribution in [0.5, 0.6) is 0 Å². The molecule has 1 aromatic heterocycles. The van der Waals surface area contributed by atoms with Gasteiger partial charge in [-0.1, -0.05) is 18.5 Å². The molecule has 0 spiro atoms. The standard InChI is InChI=1S/C13H17ClN4O/c1-3-6-16-12-8-10(11(14)9-17-12)13(19)18(2)7-4-5-15/h8-9H,3-4,6-7H2,1-2H3,(H,16,17). The summed E-state index contributed by atoms with van der Waals surface area (Å²) in [6, 6.07) is 3.65. The number of nitriles is 1. The Balaban J connectivity index is 2.86. The number of nitrogens with one attached hydrogen (secondary N) is 1. The van der Waals surface area contributed by atoms with Crippen molar-refractivity contribution in [2.45, 2.75) is 19.8 Å². The monoisotopic (exact) mass is 280 g/mol. The highest BCUT2D eigenvalue weighted by Crippen LogP contribution is 2.19. The minimum Gasteiger partial charge on any atom is -0.370 e. The third-order valence-corrected chi connectivity index (χ3v) is 2.85. The minimum atomic E-state index is -0.206. The average molecular weight is 281 g/mol. The molecule has 0 unspecified atom stereocenters. The van der Waals surface area contributed by atoms with E-state index in [0.717, 1.165) is 13.0 Å². The first-order chi connectivity index (χ1) is 9.10. The summed E-state index contributed by atoms with van der Waals surface area (Å²) in [7, 11) is 1.65. The van der Waals surface area contributed by atoms with E-state index < -0.39 is 0 Å². The van der Waals surface area contributed by atoms with Crippen molar-refractivity contribution in [3.05, 3.63) is 22.8 Å². The van der Waals surface area contributed by atoms with Crippen LogP contribution in [0.1, 0.15) is 30.1 Å². The Labute approximate surface area is 118 Å². The number of hydrogen-bond donors (Lipinski definition) is 1. The molecule has 0 aliphatic heterocycles. The fourth-order valence-corrected chi connectivity index (χ4v) is 1.66. The Morgan fingerprint density at radius 2 is 2.37 bits per heavy atom.